The van der Waals surface area contributed by atoms with E-state index in [0.717, 1.165) is 23.4 Å². The minimum atomic E-state index is -0.345. The van der Waals surface area contributed by atoms with E-state index < -0.39 is 0 Å². The molecule has 0 spiro atoms. The number of amides is 1. The summed E-state index contributed by atoms with van der Waals surface area (Å²) >= 11 is 6.53. The predicted octanol–water partition coefficient (Wildman–Crippen LogP) is 5.13. The Balaban J connectivity index is 1.86. The Hall–Kier alpha value is -2.79. The van der Waals surface area contributed by atoms with Crippen LogP contribution in [0.2, 0.25) is 5.02 Å². The number of ether oxygens (including phenoxy) is 1. The Kier molecular flexibility index (Phi) is 5.99. The standard InChI is InChI=1S/C23H26ClN3O2/c1-6-27-20-12-19(24)16(11-18(20)15(2)13-23(27,3)4)14-25-26-22(28)17-9-7-8-10-21(17)29-5/h7-14H,6H2,1-5H3,(H,26,28)/b25-14-. The molecule has 1 amide bonds. The Morgan fingerprint density at radius 3 is 2.72 bits per heavy atom. The summed E-state index contributed by atoms with van der Waals surface area (Å²) in [6.07, 6.45) is 3.83. The van der Waals surface area contributed by atoms with Crippen LogP contribution in [0, 0.1) is 0 Å². The number of allylic oxidation sites excluding steroid dienone is 1. The van der Waals surface area contributed by atoms with Gasteiger partial charge in [-0.2, -0.15) is 5.10 Å². The van der Waals surface area contributed by atoms with E-state index in [4.69, 9.17) is 16.3 Å². The molecule has 0 saturated carbocycles. The molecule has 152 valence electrons. The number of nitrogens with one attached hydrogen (secondary N) is 1. The van der Waals surface area contributed by atoms with Gasteiger partial charge in [0.2, 0.25) is 0 Å². The summed E-state index contributed by atoms with van der Waals surface area (Å²) in [5.41, 5.74) is 7.05. The number of rotatable bonds is 5. The SMILES string of the molecule is CCN1c2cc(Cl)c(/C=N\NC(=O)c3ccccc3OC)cc2C(C)=CC1(C)C. The molecule has 0 unspecified atom stereocenters. The lowest BCUT2D eigenvalue weighted by atomic mass is 9.88. The molecule has 0 atom stereocenters. The van der Waals surface area contributed by atoms with Gasteiger partial charge in [-0.3, -0.25) is 4.79 Å². The third-order valence-electron chi connectivity index (χ3n) is 5.13. The summed E-state index contributed by atoms with van der Waals surface area (Å²) in [5, 5.41) is 4.68. The number of carbonyl (C=O) groups excluding carboxylic acids is 1. The van der Waals surface area contributed by atoms with E-state index in [0.29, 0.717) is 16.3 Å². The molecule has 6 heteroatoms. The Morgan fingerprint density at radius 2 is 2.03 bits per heavy atom. The van der Waals surface area contributed by atoms with Gasteiger partial charge in [0, 0.05) is 23.4 Å². The minimum Gasteiger partial charge on any atom is -0.496 e. The van der Waals surface area contributed by atoms with Crippen molar-refractivity contribution in [1.29, 1.82) is 0 Å². The molecule has 0 fully saturated rings. The van der Waals surface area contributed by atoms with Gasteiger partial charge in [0.15, 0.2) is 0 Å². The summed E-state index contributed by atoms with van der Waals surface area (Å²) < 4.78 is 5.22. The highest BCUT2D eigenvalue weighted by Crippen LogP contribution is 2.40. The number of anilines is 1. The van der Waals surface area contributed by atoms with Crippen LogP contribution in [0.5, 0.6) is 5.75 Å². The average Bonchev–Trinajstić information content (AvgIpc) is 2.68. The smallest absolute Gasteiger partial charge is 0.275 e. The monoisotopic (exact) mass is 411 g/mol. The van der Waals surface area contributed by atoms with Crippen LogP contribution in [0.25, 0.3) is 5.57 Å². The number of likely N-dealkylation sites (N-methyl/N-ethyl adjacent to an activating group) is 1. The predicted molar refractivity (Wildman–Crippen MR) is 120 cm³/mol. The van der Waals surface area contributed by atoms with Crippen LogP contribution < -0.4 is 15.1 Å². The third-order valence-corrected chi connectivity index (χ3v) is 5.46. The molecule has 0 aromatic heterocycles. The molecule has 0 aliphatic carbocycles. The van der Waals surface area contributed by atoms with Crippen LogP contribution in [-0.2, 0) is 0 Å². The van der Waals surface area contributed by atoms with Gasteiger partial charge in [-0.05, 0) is 57.5 Å². The highest BCUT2D eigenvalue weighted by molar-refractivity contribution is 6.33. The van der Waals surface area contributed by atoms with E-state index in [1.165, 1.54) is 12.7 Å². The van der Waals surface area contributed by atoms with Gasteiger partial charge in [0.05, 0.1) is 29.4 Å². The fraction of sp³-hybridized carbons (Fsp3) is 0.304. The van der Waals surface area contributed by atoms with Crippen molar-refractivity contribution in [2.24, 2.45) is 5.10 Å². The molecule has 5 nitrogen and oxygen atoms in total. The van der Waals surface area contributed by atoms with Gasteiger partial charge in [-0.25, -0.2) is 5.43 Å². The molecule has 0 radical (unpaired) electrons. The summed E-state index contributed by atoms with van der Waals surface area (Å²) in [7, 11) is 1.53. The second-order valence-corrected chi connectivity index (χ2v) is 7.92. The second-order valence-electron chi connectivity index (χ2n) is 7.52. The summed E-state index contributed by atoms with van der Waals surface area (Å²) in [5.74, 6) is 0.151. The Labute approximate surface area is 177 Å². The zero-order valence-corrected chi connectivity index (χ0v) is 18.2. The zero-order chi connectivity index (χ0) is 21.2. The molecule has 1 heterocycles. The lowest BCUT2D eigenvalue weighted by molar-refractivity contribution is 0.0952. The van der Waals surface area contributed by atoms with Crippen LogP contribution in [0.3, 0.4) is 0 Å². The van der Waals surface area contributed by atoms with E-state index in [2.05, 4.69) is 49.2 Å². The van der Waals surface area contributed by atoms with Crippen molar-refractivity contribution in [2.75, 3.05) is 18.6 Å². The molecular formula is C23H26ClN3O2. The molecule has 1 N–H and O–H groups in total. The van der Waals surface area contributed by atoms with Gasteiger partial charge in [0.25, 0.3) is 5.91 Å². The minimum absolute atomic E-state index is 0.0759. The van der Waals surface area contributed by atoms with Gasteiger partial charge >= 0.3 is 0 Å². The Bertz CT molecular complexity index is 996. The molecule has 2 aromatic rings. The van der Waals surface area contributed by atoms with Crippen LogP contribution >= 0.6 is 11.6 Å². The maximum absolute atomic E-state index is 12.4. The highest BCUT2D eigenvalue weighted by atomic mass is 35.5. The first-order valence-corrected chi connectivity index (χ1v) is 9.93. The number of para-hydroxylation sites is 1. The van der Waals surface area contributed by atoms with E-state index in [1.54, 1.807) is 24.4 Å². The van der Waals surface area contributed by atoms with E-state index in [9.17, 15) is 4.79 Å². The number of fused-ring (bicyclic) bond motifs is 1. The van der Waals surface area contributed by atoms with Crippen molar-refractivity contribution in [1.82, 2.24) is 5.43 Å². The third kappa shape index (κ3) is 4.15. The zero-order valence-electron chi connectivity index (χ0n) is 17.4. The van der Waals surface area contributed by atoms with E-state index in [-0.39, 0.29) is 11.4 Å². The number of methoxy groups -OCH3 is 1. The summed E-state index contributed by atoms with van der Waals surface area (Å²) in [4.78, 5) is 14.7. The van der Waals surface area contributed by atoms with Crippen LogP contribution in [-0.4, -0.2) is 31.3 Å². The topological polar surface area (TPSA) is 53.9 Å². The van der Waals surface area contributed by atoms with Crippen molar-refractivity contribution < 1.29 is 9.53 Å². The molecule has 3 rings (SSSR count). The van der Waals surface area contributed by atoms with Crippen molar-refractivity contribution in [2.45, 2.75) is 33.2 Å². The second kappa shape index (κ2) is 8.29. The van der Waals surface area contributed by atoms with Crippen molar-refractivity contribution in [3.05, 3.63) is 64.2 Å². The molecule has 1 aliphatic heterocycles. The van der Waals surface area contributed by atoms with Crippen LogP contribution in [0.1, 0.15) is 49.2 Å². The number of hydrazone groups is 1. The maximum atomic E-state index is 12.4. The molecule has 0 saturated heterocycles. The first-order chi connectivity index (χ1) is 13.8. The lowest BCUT2D eigenvalue weighted by Gasteiger charge is -2.43. The summed E-state index contributed by atoms with van der Waals surface area (Å²) in [6.45, 7) is 9.50. The van der Waals surface area contributed by atoms with Gasteiger partial charge < -0.3 is 9.64 Å². The number of halogens is 1. The van der Waals surface area contributed by atoms with Gasteiger partial charge in [-0.15, -0.1) is 0 Å². The molecule has 0 bridgehead atoms. The van der Waals surface area contributed by atoms with Crippen molar-refractivity contribution in [3.63, 3.8) is 0 Å². The average molecular weight is 412 g/mol. The maximum Gasteiger partial charge on any atom is 0.275 e. The Morgan fingerprint density at radius 1 is 1.31 bits per heavy atom. The normalized spacial score (nSPS) is 15.1. The largest absolute Gasteiger partial charge is 0.496 e. The van der Waals surface area contributed by atoms with Gasteiger partial charge in [0.1, 0.15) is 5.75 Å². The highest BCUT2D eigenvalue weighted by Gasteiger charge is 2.30. The fourth-order valence-electron chi connectivity index (χ4n) is 3.84. The van der Waals surface area contributed by atoms with Gasteiger partial charge in [-0.1, -0.05) is 29.8 Å². The number of benzene rings is 2. The molecular weight excluding hydrogens is 386 g/mol. The van der Waals surface area contributed by atoms with E-state index >= 15 is 0 Å². The molecule has 1 aliphatic rings. The van der Waals surface area contributed by atoms with Crippen molar-refractivity contribution in [3.8, 4) is 5.75 Å². The summed E-state index contributed by atoms with van der Waals surface area (Å²) in [6, 6.07) is 11.0. The lowest BCUT2D eigenvalue weighted by Crippen LogP contribution is -2.44. The molecule has 29 heavy (non-hydrogen) atoms. The number of hydrogen-bond acceptors (Lipinski definition) is 4. The van der Waals surface area contributed by atoms with Crippen LogP contribution in [0.4, 0.5) is 5.69 Å². The van der Waals surface area contributed by atoms with Crippen LogP contribution in [0.15, 0.2) is 47.6 Å². The first kappa shape index (κ1) is 20.9. The van der Waals surface area contributed by atoms with Crippen molar-refractivity contribution >= 4 is 35.0 Å². The number of hydrogen-bond donors (Lipinski definition) is 1. The quantitative estimate of drug-likeness (QED) is 0.547. The molecule has 2 aromatic carbocycles. The van der Waals surface area contributed by atoms with E-state index in [1.807, 2.05) is 18.2 Å². The first-order valence-electron chi connectivity index (χ1n) is 9.56. The number of carbonyl (C=O) groups is 1. The fourth-order valence-corrected chi connectivity index (χ4v) is 4.05. The number of nitrogens with zero attached hydrogens (tertiary/aromatic N) is 2.